The van der Waals surface area contributed by atoms with Crippen molar-refractivity contribution in [2.24, 2.45) is 0 Å². The SMILES string of the molecule is CC(C)c1cc(Oc2c(Cl)cc(NC(C=O)C(=O)O)cc2Cl)ccc1O. The molecule has 0 fully saturated rings. The monoisotopic (exact) mass is 397 g/mol. The predicted octanol–water partition coefficient (Wildman–Crippen LogP) is 4.68. The summed E-state index contributed by atoms with van der Waals surface area (Å²) in [5.41, 5.74) is 0.976. The predicted molar refractivity (Wildman–Crippen MR) is 99.8 cm³/mol. The van der Waals surface area contributed by atoms with Crippen LogP contribution in [0.4, 0.5) is 5.69 Å². The summed E-state index contributed by atoms with van der Waals surface area (Å²) in [5.74, 6) is -0.451. The summed E-state index contributed by atoms with van der Waals surface area (Å²) in [4.78, 5) is 21.7. The summed E-state index contributed by atoms with van der Waals surface area (Å²) in [7, 11) is 0. The molecule has 3 N–H and O–H groups in total. The number of ether oxygens (including phenoxy) is 1. The zero-order valence-corrected chi connectivity index (χ0v) is 15.5. The van der Waals surface area contributed by atoms with E-state index >= 15 is 0 Å². The van der Waals surface area contributed by atoms with E-state index in [1.54, 1.807) is 12.1 Å². The maximum atomic E-state index is 10.9. The number of aromatic hydroxyl groups is 1. The third-order valence-corrected chi connectivity index (χ3v) is 4.13. The van der Waals surface area contributed by atoms with E-state index in [1.807, 2.05) is 13.8 Å². The number of anilines is 1. The summed E-state index contributed by atoms with van der Waals surface area (Å²) in [6, 6.07) is 6.18. The van der Waals surface area contributed by atoms with Crippen LogP contribution in [0, 0.1) is 0 Å². The van der Waals surface area contributed by atoms with Crippen molar-refractivity contribution in [3.05, 3.63) is 45.9 Å². The number of carbonyl (C=O) groups excluding carboxylic acids is 1. The van der Waals surface area contributed by atoms with Gasteiger partial charge in [-0.3, -0.25) is 0 Å². The molecule has 1 unspecified atom stereocenters. The van der Waals surface area contributed by atoms with Crippen LogP contribution < -0.4 is 10.1 Å². The highest BCUT2D eigenvalue weighted by Gasteiger charge is 2.18. The molecule has 0 bridgehead atoms. The standard InChI is InChI=1S/C18H17Cl2NO5/c1-9(2)12-7-11(3-4-16(12)23)26-17-13(19)5-10(6-14(17)20)21-15(8-22)18(24)25/h3-9,15,21,23H,1-2H3,(H,24,25). The third kappa shape index (κ3) is 4.59. The Bertz CT molecular complexity index is 815. The average molecular weight is 398 g/mol. The van der Waals surface area contributed by atoms with E-state index < -0.39 is 12.0 Å². The Labute approximate surface area is 160 Å². The number of rotatable bonds is 7. The number of hydrogen-bond acceptors (Lipinski definition) is 5. The van der Waals surface area contributed by atoms with Crippen LogP contribution >= 0.6 is 23.2 Å². The number of phenols is 1. The molecule has 8 heteroatoms. The summed E-state index contributed by atoms with van der Waals surface area (Å²) in [6.45, 7) is 3.87. The van der Waals surface area contributed by atoms with E-state index in [0.29, 0.717) is 11.3 Å². The van der Waals surface area contributed by atoms with Gasteiger partial charge in [0.05, 0.1) is 10.0 Å². The van der Waals surface area contributed by atoms with Gasteiger partial charge in [0.15, 0.2) is 18.1 Å². The van der Waals surface area contributed by atoms with Crippen molar-refractivity contribution in [1.29, 1.82) is 0 Å². The van der Waals surface area contributed by atoms with E-state index in [0.717, 1.165) is 0 Å². The molecule has 2 aromatic carbocycles. The number of aliphatic carboxylic acids is 1. The summed E-state index contributed by atoms with van der Waals surface area (Å²) >= 11 is 12.4. The summed E-state index contributed by atoms with van der Waals surface area (Å²) in [5, 5.41) is 21.6. The van der Waals surface area contributed by atoms with E-state index in [1.165, 1.54) is 18.2 Å². The van der Waals surface area contributed by atoms with Gasteiger partial charge in [0.1, 0.15) is 11.5 Å². The highest BCUT2D eigenvalue weighted by atomic mass is 35.5. The van der Waals surface area contributed by atoms with Crippen LogP contribution in [0.1, 0.15) is 25.3 Å². The minimum atomic E-state index is -1.42. The lowest BCUT2D eigenvalue weighted by atomic mass is 10.0. The minimum absolute atomic E-state index is 0.0902. The fourth-order valence-electron chi connectivity index (χ4n) is 2.25. The molecule has 1 atom stereocenters. The summed E-state index contributed by atoms with van der Waals surface area (Å²) in [6.07, 6.45) is 0.262. The lowest BCUT2D eigenvalue weighted by molar-refractivity contribution is -0.139. The number of carboxylic acids is 1. The van der Waals surface area contributed by atoms with Crippen LogP contribution in [0.25, 0.3) is 0 Å². The molecule has 0 saturated heterocycles. The van der Waals surface area contributed by atoms with Crippen LogP contribution in [0.5, 0.6) is 17.2 Å². The Morgan fingerprint density at radius 2 is 1.81 bits per heavy atom. The second-order valence-corrected chi connectivity index (χ2v) is 6.66. The number of carboxylic acid groups (broad SMARTS) is 1. The molecule has 6 nitrogen and oxygen atoms in total. The highest BCUT2D eigenvalue weighted by molar-refractivity contribution is 6.37. The van der Waals surface area contributed by atoms with Crippen molar-refractivity contribution in [2.75, 3.05) is 5.32 Å². The van der Waals surface area contributed by atoms with Crippen LogP contribution in [-0.2, 0) is 9.59 Å². The second-order valence-electron chi connectivity index (χ2n) is 5.84. The average Bonchev–Trinajstić information content (AvgIpc) is 2.56. The molecule has 0 aromatic heterocycles. The van der Waals surface area contributed by atoms with Gasteiger partial charge in [-0.05, 0) is 36.2 Å². The first-order chi connectivity index (χ1) is 12.2. The molecule has 2 aromatic rings. The zero-order chi connectivity index (χ0) is 19.4. The van der Waals surface area contributed by atoms with Crippen molar-refractivity contribution in [2.45, 2.75) is 25.8 Å². The number of aldehydes is 1. The van der Waals surface area contributed by atoms with Gasteiger partial charge in [0, 0.05) is 11.3 Å². The number of benzene rings is 2. The molecule has 2 rings (SSSR count). The number of carbonyl (C=O) groups is 2. The van der Waals surface area contributed by atoms with Crippen LogP contribution in [-0.4, -0.2) is 28.5 Å². The summed E-state index contributed by atoms with van der Waals surface area (Å²) < 4.78 is 5.73. The Kier molecular flexibility index (Phi) is 6.34. The number of nitrogens with one attached hydrogen (secondary N) is 1. The Morgan fingerprint density at radius 1 is 1.19 bits per heavy atom. The van der Waals surface area contributed by atoms with Gasteiger partial charge in [-0.25, -0.2) is 4.79 Å². The van der Waals surface area contributed by atoms with E-state index in [4.69, 9.17) is 33.0 Å². The molecule has 0 spiro atoms. The molecule has 0 heterocycles. The van der Waals surface area contributed by atoms with Crippen molar-refractivity contribution in [3.63, 3.8) is 0 Å². The molecule has 0 aliphatic heterocycles. The highest BCUT2D eigenvalue weighted by Crippen LogP contribution is 2.40. The van der Waals surface area contributed by atoms with Gasteiger partial charge in [0.25, 0.3) is 0 Å². The van der Waals surface area contributed by atoms with Gasteiger partial charge in [-0.2, -0.15) is 0 Å². The van der Waals surface area contributed by atoms with Gasteiger partial charge < -0.3 is 25.1 Å². The smallest absolute Gasteiger partial charge is 0.333 e. The first-order valence-electron chi connectivity index (χ1n) is 7.67. The van der Waals surface area contributed by atoms with E-state index in [2.05, 4.69) is 5.32 Å². The van der Waals surface area contributed by atoms with Gasteiger partial charge in [-0.15, -0.1) is 0 Å². The lowest BCUT2D eigenvalue weighted by Crippen LogP contribution is -2.30. The molecular formula is C18H17Cl2NO5. The van der Waals surface area contributed by atoms with E-state index in [9.17, 15) is 14.7 Å². The largest absolute Gasteiger partial charge is 0.508 e. The molecule has 0 radical (unpaired) electrons. The second kappa shape index (κ2) is 8.29. The van der Waals surface area contributed by atoms with Gasteiger partial charge in [0.2, 0.25) is 0 Å². The van der Waals surface area contributed by atoms with Crippen LogP contribution in [0.15, 0.2) is 30.3 Å². The molecule has 0 aliphatic rings. The number of phenolic OH excluding ortho intramolecular Hbond substituents is 1. The number of halogens is 2. The molecule has 0 saturated carbocycles. The lowest BCUT2D eigenvalue weighted by Gasteiger charge is -2.15. The first-order valence-corrected chi connectivity index (χ1v) is 8.43. The Hall–Kier alpha value is -2.44. The third-order valence-electron chi connectivity index (χ3n) is 3.56. The first kappa shape index (κ1) is 19.9. The maximum absolute atomic E-state index is 10.9. The Morgan fingerprint density at radius 3 is 2.31 bits per heavy atom. The fraction of sp³-hybridized carbons (Fsp3) is 0.222. The minimum Gasteiger partial charge on any atom is -0.508 e. The zero-order valence-electron chi connectivity index (χ0n) is 14.0. The Balaban J connectivity index is 2.30. The normalized spacial score (nSPS) is 11.9. The van der Waals surface area contributed by atoms with Crippen molar-refractivity contribution < 1.29 is 24.5 Å². The van der Waals surface area contributed by atoms with Crippen LogP contribution in [0.3, 0.4) is 0 Å². The van der Waals surface area contributed by atoms with Gasteiger partial charge >= 0.3 is 5.97 Å². The van der Waals surface area contributed by atoms with Gasteiger partial charge in [-0.1, -0.05) is 37.0 Å². The van der Waals surface area contributed by atoms with Crippen LogP contribution in [0.2, 0.25) is 10.0 Å². The molecule has 138 valence electrons. The van der Waals surface area contributed by atoms with Crippen molar-refractivity contribution in [3.8, 4) is 17.2 Å². The molecule has 0 aliphatic carbocycles. The maximum Gasteiger partial charge on any atom is 0.333 e. The fourth-order valence-corrected chi connectivity index (χ4v) is 2.81. The number of hydrogen-bond donors (Lipinski definition) is 3. The van der Waals surface area contributed by atoms with Crippen molar-refractivity contribution >= 4 is 41.1 Å². The quantitative estimate of drug-likeness (QED) is 0.463. The van der Waals surface area contributed by atoms with Crippen molar-refractivity contribution in [1.82, 2.24) is 0 Å². The molecule has 26 heavy (non-hydrogen) atoms. The molecule has 0 amide bonds. The molecular weight excluding hydrogens is 381 g/mol. The van der Waals surface area contributed by atoms with E-state index in [-0.39, 0.29) is 39.4 Å². The topological polar surface area (TPSA) is 95.9 Å².